The third kappa shape index (κ3) is 4.80. The molecule has 0 unspecified atom stereocenters. The summed E-state index contributed by atoms with van der Waals surface area (Å²) in [4.78, 5) is 30.9. The molecular formula is C25H23ClN2O4S. The van der Waals surface area contributed by atoms with Gasteiger partial charge in [0.15, 0.2) is 22.4 Å². The van der Waals surface area contributed by atoms with Gasteiger partial charge in [-0.3, -0.25) is 14.2 Å². The summed E-state index contributed by atoms with van der Waals surface area (Å²) in [7, 11) is 0. The van der Waals surface area contributed by atoms with Gasteiger partial charge in [-0.05, 0) is 62.4 Å². The first-order chi connectivity index (χ1) is 16.1. The summed E-state index contributed by atoms with van der Waals surface area (Å²) in [6.45, 7) is 0.657. The number of ether oxygens (including phenoxy) is 2. The quantitative estimate of drug-likeness (QED) is 0.188. The van der Waals surface area contributed by atoms with Crippen molar-refractivity contribution in [1.82, 2.24) is 9.55 Å². The largest absolute Gasteiger partial charge is 0.454 e. The molecule has 1 aliphatic carbocycles. The molecule has 0 radical (unpaired) electrons. The molecule has 0 bridgehead atoms. The summed E-state index contributed by atoms with van der Waals surface area (Å²) in [5.74, 6) is 1.26. The maximum absolute atomic E-state index is 13.5. The van der Waals surface area contributed by atoms with Crippen LogP contribution >= 0.6 is 23.4 Å². The zero-order chi connectivity index (χ0) is 22.8. The van der Waals surface area contributed by atoms with E-state index < -0.39 is 0 Å². The van der Waals surface area contributed by atoms with Gasteiger partial charge in [-0.15, -0.1) is 0 Å². The first kappa shape index (κ1) is 22.0. The fraction of sp³-hybridized carbons (Fsp3) is 0.320. The average molecular weight is 483 g/mol. The van der Waals surface area contributed by atoms with Crippen molar-refractivity contribution < 1.29 is 14.3 Å². The van der Waals surface area contributed by atoms with Crippen molar-refractivity contribution in [3.05, 3.63) is 69.0 Å². The van der Waals surface area contributed by atoms with Gasteiger partial charge in [0.05, 0.1) is 16.7 Å². The molecule has 0 atom stereocenters. The molecular weight excluding hydrogens is 460 g/mol. The van der Waals surface area contributed by atoms with Crippen LogP contribution in [0.5, 0.6) is 11.5 Å². The number of nitrogens with zero attached hydrogens (tertiary/aromatic N) is 2. The third-order valence-corrected chi connectivity index (χ3v) is 7.18. The van der Waals surface area contributed by atoms with E-state index in [1.807, 2.05) is 0 Å². The first-order valence-electron chi connectivity index (χ1n) is 11.0. The molecule has 0 N–H and O–H groups in total. The van der Waals surface area contributed by atoms with Gasteiger partial charge in [0, 0.05) is 23.2 Å². The van der Waals surface area contributed by atoms with E-state index in [9.17, 15) is 9.59 Å². The van der Waals surface area contributed by atoms with E-state index in [1.165, 1.54) is 30.2 Å². The van der Waals surface area contributed by atoms with Crippen LogP contribution in [-0.2, 0) is 6.54 Å². The number of Topliss-reactive ketones (excluding diaryl/α,β-unsaturated/α-hetero) is 1. The molecule has 8 heteroatoms. The van der Waals surface area contributed by atoms with E-state index in [4.69, 9.17) is 26.1 Å². The van der Waals surface area contributed by atoms with Crippen LogP contribution in [0.2, 0.25) is 5.02 Å². The maximum Gasteiger partial charge on any atom is 0.262 e. The minimum absolute atomic E-state index is 0.0433. The van der Waals surface area contributed by atoms with Crippen molar-refractivity contribution in [3.63, 3.8) is 0 Å². The number of benzene rings is 2. The summed E-state index contributed by atoms with van der Waals surface area (Å²) >= 11 is 7.21. The van der Waals surface area contributed by atoms with Crippen LogP contribution in [0.4, 0.5) is 0 Å². The summed E-state index contributed by atoms with van der Waals surface area (Å²) in [6.07, 6.45) is 7.68. The number of allylic oxidation sites excluding steroid dienone is 2. The Balaban J connectivity index is 1.46. The van der Waals surface area contributed by atoms with E-state index in [0.29, 0.717) is 44.7 Å². The monoisotopic (exact) mass is 482 g/mol. The lowest BCUT2D eigenvalue weighted by Crippen LogP contribution is -2.24. The first-order valence-corrected chi connectivity index (χ1v) is 12.4. The fourth-order valence-electron chi connectivity index (χ4n) is 4.13. The number of aromatic nitrogens is 2. The molecule has 1 aliphatic heterocycles. The molecule has 0 saturated heterocycles. The van der Waals surface area contributed by atoms with Crippen molar-refractivity contribution in [1.29, 1.82) is 0 Å². The van der Waals surface area contributed by atoms with E-state index in [1.54, 1.807) is 41.0 Å². The van der Waals surface area contributed by atoms with E-state index in [0.717, 1.165) is 19.3 Å². The number of hydrogen-bond acceptors (Lipinski definition) is 6. The van der Waals surface area contributed by atoms with Crippen LogP contribution in [0, 0.1) is 0 Å². The van der Waals surface area contributed by atoms with Gasteiger partial charge in [0.1, 0.15) is 0 Å². The number of ketones is 1. The van der Waals surface area contributed by atoms with Crippen LogP contribution < -0.4 is 15.0 Å². The number of rotatable bonds is 7. The molecule has 0 spiro atoms. The Morgan fingerprint density at radius 2 is 1.91 bits per heavy atom. The Morgan fingerprint density at radius 3 is 2.67 bits per heavy atom. The molecule has 0 fully saturated rings. The minimum atomic E-state index is -0.129. The van der Waals surface area contributed by atoms with E-state index in [2.05, 4.69) is 6.08 Å². The van der Waals surface area contributed by atoms with Gasteiger partial charge < -0.3 is 9.47 Å². The molecule has 6 nitrogen and oxygen atoms in total. The highest BCUT2D eigenvalue weighted by Crippen LogP contribution is 2.35. The van der Waals surface area contributed by atoms with Gasteiger partial charge in [-0.2, -0.15) is 0 Å². The normalized spacial score (nSPS) is 15.0. The van der Waals surface area contributed by atoms with Crippen molar-refractivity contribution in [2.75, 3.05) is 12.5 Å². The fourth-order valence-corrected chi connectivity index (χ4v) is 5.18. The number of carbonyl (C=O) groups is 1. The summed E-state index contributed by atoms with van der Waals surface area (Å²) < 4.78 is 12.6. The van der Waals surface area contributed by atoms with Crippen LogP contribution in [0.25, 0.3) is 10.9 Å². The number of halogens is 1. The van der Waals surface area contributed by atoms with Gasteiger partial charge in [0.2, 0.25) is 6.79 Å². The molecule has 2 aliphatic rings. The predicted octanol–water partition coefficient (Wildman–Crippen LogP) is 5.64. The van der Waals surface area contributed by atoms with Gasteiger partial charge in [0.25, 0.3) is 5.56 Å². The predicted molar refractivity (Wildman–Crippen MR) is 130 cm³/mol. The van der Waals surface area contributed by atoms with Crippen LogP contribution in [0.3, 0.4) is 0 Å². The Bertz CT molecular complexity index is 1300. The average Bonchev–Trinajstić information content (AvgIpc) is 3.29. The van der Waals surface area contributed by atoms with Crippen molar-refractivity contribution in [3.8, 4) is 11.5 Å². The molecule has 0 saturated carbocycles. The van der Waals surface area contributed by atoms with E-state index in [-0.39, 0.29) is 23.9 Å². The lowest BCUT2D eigenvalue weighted by Gasteiger charge is -2.16. The molecule has 2 aromatic carbocycles. The second kappa shape index (κ2) is 9.61. The molecule has 5 rings (SSSR count). The number of carbonyl (C=O) groups excluding carboxylic acids is 1. The Labute approximate surface area is 200 Å². The van der Waals surface area contributed by atoms with Crippen LogP contribution in [0.1, 0.15) is 42.5 Å². The molecule has 3 aromatic rings. The zero-order valence-electron chi connectivity index (χ0n) is 18.0. The molecule has 2 heterocycles. The molecule has 33 heavy (non-hydrogen) atoms. The number of hydrogen-bond donors (Lipinski definition) is 0. The zero-order valence-corrected chi connectivity index (χ0v) is 19.6. The van der Waals surface area contributed by atoms with Crippen molar-refractivity contribution >= 4 is 40.0 Å². The second-order valence-corrected chi connectivity index (χ2v) is 9.53. The standard InChI is InChI=1S/C25H23ClN2O4S/c26-18-8-6-17(7-9-18)21(29)14-33-25-27-20-13-23-22(31-15-32-23)12-19(20)24(30)28(25)11-10-16-4-2-1-3-5-16/h4,6-9,12-13H,1-3,5,10-11,14-15H2. The maximum atomic E-state index is 13.5. The van der Waals surface area contributed by atoms with Gasteiger partial charge in [-0.1, -0.05) is 35.0 Å². The van der Waals surface area contributed by atoms with Crippen molar-refractivity contribution in [2.45, 2.75) is 43.8 Å². The summed E-state index contributed by atoms with van der Waals surface area (Å²) in [6, 6.07) is 10.3. The Hall–Kier alpha value is -2.77. The Kier molecular flexibility index (Phi) is 6.42. The minimum Gasteiger partial charge on any atom is -0.454 e. The SMILES string of the molecule is O=C(CSc1nc2cc3c(cc2c(=O)n1CCC1=CCCCC1)OCO3)c1ccc(Cl)cc1. The van der Waals surface area contributed by atoms with Gasteiger partial charge in [-0.25, -0.2) is 4.98 Å². The topological polar surface area (TPSA) is 70.4 Å². The number of fused-ring (bicyclic) bond motifs is 2. The molecule has 0 amide bonds. The van der Waals surface area contributed by atoms with Gasteiger partial charge >= 0.3 is 0 Å². The molecule has 1 aromatic heterocycles. The van der Waals surface area contributed by atoms with Crippen LogP contribution in [-0.4, -0.2) is 27.9 Å². The Morgan fingerprint density at radius 1 is 1.12 bits per heavy atom. The number of thioether (sulfide) groups is 1. The van der Waals surface area contributed by atoms with Crippen molar-refractivity contribution in [2.24, 2.45) is 0 Å². The highest BCUT2D eigenvalue weighted by Gasteiger charge is 2.20. The summed E-state index contributed by atoms with van der Waals surface area (Å²) in [5, 5.41) is 1.61. The van der Waals surface area contributed by atoms with Crippen LogP contribution in [0.15, 0.2) is 58.0 Å². The lowest BCUT2D eigenvalue weighted by molar-refractivity contribution is 0.102. The highest BCUT2D eigenvalue weighted by molar-refractivity contribution is 7.99. The lowest BCUT2D eigenvalue weighted by atomic mass is 9.97. The second-order valence-electron chi connectivity index (χ2n) is 8.15. The smallest absolute Gasteiger partial charge is 0.262 e. The third-order valence-electron chi connectivity index (χ3n) is 5.95. The highest BCUT2D eigenvalue weighted by atomic mass is 35.5. The molecule has 170 valence electrons. The summed E-state index contributed by atoms with van der Waals surface area (Å²) in [5.41, 5.74) is 2.37. The van der Waals surface area contributed by atoms with E-state index >= 15 is 0 Å².